The second kappa shape index (κ2) is 5.90. The van der Waals surface area contributed by atoms with Gasteiger partial charge in [-0.1, -0.05) is 32.0 Å². The van der Waals surface area contributed by atoms with Gasteiger partial charge in [0.05, 0.1) is 0 Å². The van der Waals surface area contributed by atoms with Gasteiger partial charge in [0.2, 0.25) is 0 Å². The van der Waals surface area contributed by atoms with E-state index in [0.29, 0.717) is 17.6 Å². The van der Waals surface area contributed by atoms with Crippen LogP contribution in [0.2, 0.25) is 0 Å². The van der Waals surface area contributed by atoms with Crippen LogP contribution in [0.5, 0.6) is 0 Å². The normalized spacial score (nSPS) is 21.6. The largest absolute Gasteiger partial charge is 1.00 e. The lowest BCUT2D eigenvalue weighted by Crippen LogP contribution is -3.00. The van der Waals surface area contributed by atoms with Crippen molar-refractivity contribution >= 4 is 11.5 Å². The summed E-state index contributed by atoms with van der Waals surface area (Å²) < 4.78 is 0. The first kappa shape index (κ1) is 15.0. The van der Waals surface area contributed by atoms with E-state index in [0.717, 1.165) is 16.8 Å². The van der Waals surface area contributed by atoms with Crippen LogP contribution in [-0.4, -0.2) is 5.78 Å². The zero-order valence-electron chi connectivity index (χ0n) is 10.3. The Morgan fingerprint density at radius 2 is 1.38 bits per heavy atom. The molecular formula is C13H19ClNO-. The number of para-hydroxylation sites is 1. The number of halogens is 1. The number of ketones is 1. The zero-order valence-corrected chi connectivity index (χ0v) is 11.0. The van der Waals surface area contributed by atoms with Gasteiger partial charge in [-0.2, -0.15) is 0 Å². The fraction of sp³-hybridized carbons (Fsp3) is 0.462. The monoisotopic (exact) mass is 240 g/mol. The second-order valence-electron chi connectivity index (χ2n) is 4.29. The van der Waals surface area contributed by atoms with Gasteiger partial charge in [-0.25, -0.2) is 0 Å². The van der Waals surface area contributed by atoms with Gasteiger partial charge < -0.3 is 18.1 Å². The van der Waals surface area contributed by atoms with Crippen LogP contribution >= 0.6 is 0 Å². The topological polar surface area (TPSA) is 43.1 Å². The predicted molar refractivity (Wildman–Crippen MR) is 63.7 cm³/mol. The molecule has 2 unspecified atom stereocenters. The summed E-state index contributed by atoms with van der Waals surface area (Å²) in [6.45, 7) is 7.96. The lowest BCUT2D eigenvalue weighted by molar-refractivity contribution is -0.111. The molecule has 0 saturated heterocycles. The Morgan fingerprint density at radius 3 is 1.56 bits per heavy atom. The minimum absolute atomic E-state index is 0. The number of carbonyl (C=O) groups is 1. The molecule has 1 aromatic carbocycles. The third-order valence-electron chi connectivity index (χ3n) is 3.08. The summed E-state index contributed by atoms with van der Waals surface area (Å²) in [4.78, 5) is 10.2. The van der Waals surface area contributed by atoms with Gasteiger partial charge in [0.25, 0.3) is 0 Å². The first-order chi connectivity index (χ1) is 6.95. The van der Waals surface area contributed by atoms with Crippen molar-refractivity contribution in [3.8, 4) is 0 Å². The van der Waals surface area contributed by atoms with Crippen LogP contribution in [0, 0.1) is 25.7 Å². The Morgan fingerprint density at radius 1 is 1.06 bits per heavy atom. The molecule has 1 aliphatic carbocycles. The summed E-state index contributed by atoms with van der Waals surface area (Å²) in [6.07, 6.45) is 0. The predicted octanol–water partition coefficient (Wildman–Crippen LogP) is -0.269. The maximum atomic E-state index is 10.2. The molecule has 2 N–H and O–H groups in total. The summed E-state index contributed by atoms with van der Waals surface area (Å²) >= 11 is 0. The Hall–Kier alpha value is -1.02. The van der Waals surface area contributed by atoms with Gasteiger partial charge in [0.1, 0.15) is 5.78 Å². The van der Waals surface area contributed by atoms with Crippen molar-refractivity contribution in [3.63, 3.8) is 0 Å². The number of aryl methyl sites for hydroxylation is 2. The standard InChI is InChI=1S/C8H11N.C5H8O.ClH/c1-6-4-3-5-7(2)8(6)9;1-3-4(2)5(3)6;/h3-5H,9H2,1-2H3;3-4H,1-2H3;1H/p-1. The van der Waals surface area contributed by atoms with Gasteiger partial charge in [-0.05, 0) is 25.0 Å². The number of hydrogen-bond donors (Lipinski definition) is 1. The lowest BCUT2D eigenvalue weighted by Gasteiger charge is -2.00. The number of nitrogens with two attached hydrogens (primary N) is 1. The Kier molecular flexibility index (Phi) is 5.52. The molecule has 0 bridgehead atoms. The van der Waals surface area contributed by atoms with E-state index in [1.165, 1.54) is 0 Å². The average molecular weight is 241 g/mol. The highest BCUT2D eigenvalue weighted by atomic mass is 35.5. The van der Waals surface area contributed by atoms with E-state index >= 15 is 0 Å². The molecule has 2 nitrogen and oxygen atoms in total. The summed E-state index contributed by atoms with van der Waals surface area (Å²) in [6, 6.07) is 6.05. The number of carbonyl (C=O) groups excluding carboxylic acids is 1. The fourth-order valence-corrected chi connectivity index (χ4v) is 1.36. The third-order valence-corrected chi connectivity index (χ3v) is 3.08. The molecule has 0 heterocycles. The molecule has 16 heavy (non-hydrogen) atoms. The first-order valence-corrected chi connectivity index (χ1v) is 5.30. The van der Waals surface area contributed by atoms with Crippen molar-refractivity contribution < 1.29 is 17.2 Å². The molecule has 0 spiro atoms. The van der Waals surface area contributed by atoms with Gasteiger partial charge in [0.15, 0.2) is 0 Å². The minimum atomic E-state index is 0. The van der Waals surface area contributed by atoms with Crippen molar-refractivity contribution in [2.75, 3.05) is 5.73 Å². The first-order valence-electron chi connectivity index (χ1n) is 5.30. The summed E-state index contributed by atoms with van der Waals surface area (Å²) in [5.41, 5.74) is 8.92. The quantitative estimate of drug-likeness (QED) is 0.635. The molecular weight excluding hydrogens is 222 g/mol. The van der Waals surface area contributed by atoms with Crippen molar-refractivity contribution in [3.05, 3.63) is 29.3 Å². The van der Waals surface area contributed by atoms with E-state index in [-0.39, 0.29) is 12.4 Å². The molecule has 0 aromatic heterocycles. The van der Waals surface area contributed by atoms with E-state index in [9.17, 15) is 4.79 Å². The van der Waals surface area contributed by atoms with Gasteiger partial charge in [-0.15, -0.1) is 0 Å². The molecule has 1 fully saturated rings. The maximum absolute atomic E-state index is 10.2. The van der Waals surface area contributed by atoms with Gasteiger partial charge in [0, 0.05) is 17.5 Å². The van der Waals surface area contributed by atoms with Gasteiger partial charge >= 0.3 is 0 Å². The lowest BCUT2D eigenvalue weighted by atomic mass is 10.1. The number of rotatable bonds is 0. The van der Waals surface area contributed by atoms with Crippen LogP contribution in [0.4, 0.5) is 5.69 Å². The highest BCUT2D eigenvalue weighted by Gasteiger charge is 2.40. The number of anilines is 1. The number of benzene rings is 1. The molecule has 2 rings (SSSR count). The Bertz CT molecular complexity index is 346. The van der Waals surface area contributed by atoms with E-state index in [1.54, 1.807) is 0 Å². The van der Waals surface area contributed by atoms with E-state index in [2.05, 4.69) is 0 Å². The zero-order chi connectivity index (χ0) is 11.6. The SMILES string of the molecule is CC1C(=O)C1C.Cc1cccc(C)c1N.[Cl-]. The molecule has 3 heteroatoms. The van der Waals surface area contributed by atoms with Crippen molar-refractivity contribution in [1.82, 2.24) is 0 Å². The second-order valence-corrected chi connectivity index (χ2v) is 4.29. The van der Waals surface area contributed by atoms with E-state index in [4.69, 9.17) is 5.73 Å². The molecule has 0 radical (unpaired) electrons. The van der Waals surface area contributed by atoms with Crippen molar-refractivity contribution in [2.45, 2.75) is 27.7 Å². The average Bonchev–Trinajstić information content (AvgIpc) is 2.72. The summed E-state index contributed by atoms with van der Waals surface area (Å²) in [5, 5.41) is 0. The van der Waals surface area contributed by atoms with Crippen LogP contribution in [0.3, 0.4) is 0 Å². The van der Waals surface area contributed by atoms with Crippen LogP contribution < -0.4 is 18.1 Å². The number of Topliss-reactive ketones (excluding diaryl/α,β-unsaturated/α-hetero) is 1. The molecule has 1 aromatic rings. The molecule has 2 atom stereocenters. The molecule has 1 aliphatic rings. The van der Waals surface area contributed by atoms with Crippen LogP contribution in [0.15, 0.2) is 18.2 Å². The Labute approximate surface area is 104 Å². The van der Waals surface area contributed by atoms with Crippen molar-refractivity contribution in [1.29, 1.82) is 0 Å². The molecule has 0 amide bonds. The highest BCUT2D eigenvalue weighted by molar-refractivity contribution is 5.98. The van der Waals surface area contributed by atoms with Gasteiger partial charge in [-0.3, -0.25) is 4.79 Å². The molecule has 1 saturated carbocycles. The summed E-state index contributed by atoms with van der Waals surface area (Å²) in [7, 11) is 0. The van der Waals surface area contributed by atoms with Crippen LogP contribution in [0.1, 0.15) is 25.0 Å². The van der Waals surface area contributed by atoms with E-state index < -0.39 is 0 Å². The van der Waals surface area contributed by atoms with Crippen molar-refractivity contribution in [2.24, 2.45) is 11.8 Å². The maximum Gasteiger partial charge on any atom is 0.139 e. The smallest absolute Gasteiger partial charge is 0.139 e. The minimum Gasteiger partial charge on any atom is -1.00 e. The number of hydrogen-bond acceptors (Lipinski definition) is 2. The highest BCUT2D eigenvalue weighted by Crippen LogP contribution is 2.31. The van der Waals surface area contributed by atoms with Crippen LogP contribution in [-0.2, 0) is 4.79 Å². The third kappa shape index (κ3) is 3.53. The summed E-state index contributed by atoms with van der Waals surface area (Å²) in [5.74, 6) is 1.19. The molecule has 0 aliphatic heterocycles. The van der Waals surface area contributed by atoms with E-state index in [1.807, 2.05) is 45.9 Å². The number of nitrogen functional groups attached to an aromatic ring is 1. The van der Waals surface area contributed by atoms with Crippen LogP contribution in [0.25, 0.3) is 0 Å². The molecule has 90 valence electrons. The Balaban J connectivity index is 0.000000283. The fourth-order valence-electron chi connectivity index (χ4n) is 1.36.